The molecule has 1 unspecified atom stereocenters. The maximum Gasteiger partial charge on any atom is 0.312 e. The van der Waals surface area contributed by atoms with Crippen molar-refractivity contribution >= 4 is 23.0 Å². The number of nitrogens with one attached hydrogen (secondary N) is 1. The molecule has 0 saturated carbocycles. The Hall–Kier alpha value is -2.27. The molecule has 0 radical (unpaired) electrons. The minimum Gasteiger partial charge on any atom is -0.490 e. The Bertz CT molecular complexity index is 661. The van der Waals surface area contributed by atoms with Gasteiger partial charge in [0, 0.05) is 22.8 Å². The van der Waals surface area contributed by atoms with E-state index in [-0.39, 0.29) is 17.5 Å². The Kier molecular flexibility index (Phi) is 4.65. The average Bonchev–Trinajstić information content (AvgIpc) is 2.47. The van der Waals surface area contributed by atoms with Gasteiger partial charge in [0.2, 0.25) is 0 Å². The van der Waals surface area contributed by atoms with E-state index in [9.17, 15) is 10.1 Å². The molecule has 0 saturated heterocycles. The number of benzene rings is 2. The summed E-state index contributed by atoms with van der Waals surface area (Å²) in [4.78, 5) is 10.6. The van der Waals surface area contributed by atoms with Crippen molar-refractivity contribution in [3.8, 4) is 5.75 Å². The van der Waals surface area contributed by atoms with Crippen LogP contribution in [0, 0.1) is 10.1 Å². The van der Waals surface area contributed by atoms with Crippen LogP contribution in [0.5, 0.6) is 5.75 Å². The number of nitro benzene ring substituents is 1. The number of halogens is 1. The van der Waals surface area contributed by atoms with Crippen molar-refractivity contribution in [2.24, 2.45) is 0 Å². The molecule has 0 aromatic heterocycles. The summed E-state index contributed by atoms with van der Waals surface area (Å²) in [7, 11) is 1.40. The highest BCUT2D eigenvalue weighted by atomic mass is 35.5. The summed E-state index contributed by atoms with van der Waals surface area (Å²) in [6.45, 7) is 1.94. The summed E-state index contributed by atoms with van der Waals surface area (Å²) >= 11 is 6.15. The van der Waals surface area contributed by atoms with Crippen molar-refractivity contribution in [1.29, 1.82) is 0 Å². The van der Waals surface area contributed by atoms with Gasteiger partial charge in [0.25, 0.3) is 0 Å². The predicted molar refractivity (Wildman–Crippen MR) is 83.1 cm³/mol. The van der Waals surface area contributed by atoms with Crippen molar-refractivity contribution in [2.75, 3.05) is 12.4 Å². The van der Waals surface area contributed by atoms with Gasteiger partial charge >= 0.3 is 5.69 Å². The van der Waals surface area contributed by atoms with Crippen molar-refractivity contribution in [1.82, 2.24) is 0 Å². The molecular formula is C15H15ClN2O3. The fraction of sp³-hybridized carbons (Fsp3) is 0.200. The SMILES string of the molecule is COc1ccc(NC(C)c2ccccc2Cl)cc1[N+](=O)[O-]. The standard InChI is InChI=1S/C15H15ClN2O3/c1-10(12-5-3-4-6-13(12)16)17-11-7-8-15(21-2)14(9-11)18(19)20/h3-10,17H,1-2H3. The second-order valence-corrected chi connectivity index (χ2v) is 4.94. The Labute approximate surface area is 127 Å². The molecule has 2 aromatic rings. The number of hydrogen-bond acceptors (Lipinski definition) is 4. The summed E-state index contributed by atoms with van der Waals surface area (Å²) in [6.07, 6.45) is 0. The van der Waals surface area contributed by atoms with Gasteiger partial charge < -0.3 is 10.1 Å². The Morgan fingerprint density at radius 1 is 1.29 bits per heavy atom. The minimum atomic E-state index is -0.468. The van der Waals surface area contributed by atoms with Crippen LogP contribution < -0.4 is 10.1 Å². The van der Waals surface area contributed by atoms with E-state index >= 15 is 0 Å². The second-order valence-electron chi connectivity index (χ2n) is 4.53. The molecule has 2 aromatic carbocycles. The second kappa shape index (κ2) is 6.45. The molecule has 21 heavy (non-hydrogen) atoms. The fourth-order valence-electron chi connectivity index (χ4n) is 2.08. The highest BCUT2D eigenvalue weighted by Crippen LogP contribution is 2.32. The first-order chi connectivity index (χ1) is 10.0. The molecule has 0 aliphatic heterocycles. The Balaban J connectivity index is 2.26. The van der Waals surface area contributed by atoms with E-state index in [0.717, 1.165) is 5.56 Å². The van der Waals surface area contributed by atoms with Gasteiger partial charge in [0.1, 0.15) is 0 Å². The molecule has 5 nitrogen and oxygen atoms in total. The van der Waals surface area contributed by atoms with E-state index in [1.807, 2.05) is 31.2 Å². The first-order valence-corrected chi connectivity index (χ1v) is 6.74. The van der Waals surface area contributed by atoms with Crippen LogP contribution in [-0.4, -0.2) is 12.0 Å². The molecule has 0 bridgehead atoms. The van der Waals surface area contributed by atoms with Crippen molar-refractivity contribution in [3.05, 3.63) is 63.2 Å². The van der Waals surface area contributed by atoms with Crippen molar-refractivity contribution in [2.45, 2.75) is 13.0 Å². The van der Waals surface area contributed by atoms with Gasteiger partial charge in [-0.25, -0.2) is 0 Å². The minimum absolute atomic E-state index is 0.0751. The van der Waals surface area contributed by atoms with Gasteiger partial charge in [0.15, 0.2) is 5.75 Å². The van der Waals surface area contributed by atoms with Crippen LogP contribution in [-0.2, 0) is 0 Å². The molecule has 1 N–H and O–H groups in total. The van der Waals surface area contributed by atoms with Gasteiger partial charge in [-0.2, -0.15) is 0 Å². The number of hydrogen-bond donors (Lipinski definition) is 1. The molecule has 0 amide bonds. The van der Waals surface area contributed by atoms with E-state index in [1.54, 1.807) is 12.1 Å². The van der Waals surface area contributed by atoms with E-state index in [2.05, 4.69) is 5.32 Å². The molecular weight excluding hydrogens is 292 g/mol. The summed E-state index contributed by atoms with van der Waals surface area (Å²) in [5.41, 5.74) is 1.49. The quantitative estimate of drug-likeness (QED) is 0.655. The lowest BCUT2D eigenvalue weighted by molar-refractivity contribution is -0.385. The van der Waals surface area contributed by atoms with Crippen LogP contribution in [0.3, 0.4) is 0 Å². The zero-order valence-electron chi connectivity index (χ0n) is 11.7. The van der Waals surface area contributed by atoms with E-state index in [1.165, 1.54) is 13.2 Å². The number of anilines is 1. The van der Waals surface area contributed by atoms with Crippen molar-refractivity contribution < 1.29 is 9.66 Å². The zero-order valence-corrected chi connectivity index (χ0v) is 12.4. The molecule has 0 fully saturated rings. The highest BCUT2D eigenvalue weighted by Gasteiger charge is 2.16. The third kappa shape index (κ3) is 3.44. The van der Waals surface area contributed by atoms with Crippen LogP contribution >= 0.6 is 11.6 Å². The maximum absolute atomic E-state index is 11.0. The lowest BCUT2D eigenvalue weighted by atomic mass is 10.1. The summed E-state index contributed by atoms with van der Waals surface area (Å²) in [6, 6.07) is 12.2. The first kappa shape index (κ1) is 15.1. The van der Waals surface area contributed by atoms with Crippen LogP contribution in [0.15, 0.2) is 42.5 Å². The normalized spacial score (nSPS) is 11.8. The number of methoxy groups -OCH3 is 1. The van der Waals surface area contributed by atoms with Gasteiger partial charge in [-0.05, 0) is 30.7 Å². The molecule has 0 aliphatic carbocycles. The van der Waals surface area contributed by atoms with E-state index in [4.69, 9.17) is 16.3 Å². The number of rotatable bonds is 5. The smallest absolute Gasteiger partial charge is 0.312 e. The molecule has 0 heterocycles. The van der Waals surface area contributed by atoms with Gasteiger partial charge in [0.05, 0.1) is 12.0 Å². The van der Waals surface area contributed by atoms with Gasteiger partial charge in [-0.3, -0.25) is 10.1 Å². The van der Waals surface area contributed by atoms with Crippen LogP contribution in [0.4, 0.5) is 11.4 Å². The largest absolute Gasteiger partial charge is 0.490 e. The molecule has 6 heteroatoms. The zero-order chi connectivity index (χ0) is 15.4. The Morgan fingerprint density at radius 3 is 2.62 bits per heavy atom. The lowest BCUT2D eigenvalue weighted by Crippen LogP contribution is -2.07. The third-order valence-corrected chi connectivity index (χ3v) is 3.47. The lowest BCUT2D eigenvalue weighted by Gasteiger charge is -2.17. The summed E-state index contributed by atoms with van der Waals surface area (Å²) in [5, 5.41) is 14.9. The average molecular weight is 307 g/mol. The molecule has 0 aliphatic rings. The molecule has 1 atom stereocenters. The monoisotopic (exact) mass is 306 g/mol. The van der Waals surface area contributed by atoms with E-state index < -0.39 is 4.92 Å². The number of nitrogens with zero attached hydrogens (tertiary/aromatic N) is 1. The summed E-state index contributed by atoms with van der Waals surface area (Å²) in [5.74, 6) is 0.232. The predicted octanol–water partition coefficient (Wildman–Crippen LogP) is 4.43. The molecule has 0 spiro atoms. The van der Waals surface area contributed by atoms with E-state index in [0.29, 0.717) is 10.7 Å². The van der Waals surface area contributed by atoms with Crippen LogP contribution in [0.2, 0.25) is 5.02 Å². The Morgan fingerprint density at radius 2 is 2.00 bits per heavy atom. The van der Waals surface area contributed by atoms with Gasteiger partial charge in [-0.15, -0.1) is 0 Å². The van der Waals surface area contributed by atoms with Crippen molar-refractivity contribution in [3.63, 3.8) is 0 Å². The fourth-order valence-corrected chi connectivity index (χ4v) is 2.38. The molecule has 110 valence electrons. The summed E-state index contributed by atoms with van der Waals surface area (Å²) < 4.78 is 4.98. The highest BCUT2D eigenvalue weighted by molar-refractivity contribution is 6.31. The topological polar surface area (TPSA) is 64.4 Å². The maximum atomic E-state index is 11.0. The third-order valence-electron chi connectivity index (χ3n) is 3.13. The first-order valence-electron chi connectivity index (χ1n) is 6.36. The van der Waals surface area contributed by atoms with Crippen LogP contribution in [0.1, 0.15) is 18.5 Å². The molecule has 2 rings (SSSR count). The van der Waals surface area contributed by atoms with Gasteiger partial charge in [-0.1, -0.05) is 29.8 Å². The number of ether oxygens (including phenoxy) is 1. The number of nitro groups is 1. The van der Waals surface area contributed by atoms with Crippen LogP contribution in [0.25, 0.3) is 0 Å².